The predicted octanol–water partition coefficient (Wildman–Crippen LogP) is 4.09. The number of benzene rings is 2. The molecule has 0 aliphatic carbocycles. The van der Waals surface area contributed by atoms with Crippen LogP contribution in [0.15, 0.2) is 48.5 Å². The number of rotatable bonds is 8. The van der Waals surface area contributed by atoms with Gasteiger partial charge in [-0.2, -0.15) is 0 Å². The van der Waals surface area contributed by atoms with Crippen LogP contribution in [0.5, 0.6) is 0 Å². The lowest BCUT2D eigenvalue weighted by molar-refractivity contribution is -0.114. The number of likely N-dealkylation sites (tertiary alicyclic amines) is 1. The number of hydrogen-bond donors (Lipinski definition) is 2. The SMILES string of the molecule is CCN(CC)C(=O)c1cccc(NCC(=O)Nc2ccc(C(=O)N3CCC(C)CC3)cc2)c1. The van der Waals surface area contributed by atoms with Gasteiger partial charge in [-0.25, -0.2) is 0 Å². The van der Waals surface area contributed by atoms with Crippen LogP contribution in [0.25, 0.3) is 0 Å². The van der Waals surface area contributed by atoms with Gasteiger partial charge in [0.05, 0.1) is 6.54 Å². The molecule has 0 aromatic heterocycles. The van der Waals surface area contributed by atoms with Crippen LogP contribution >= 0.6 is 0 Å². The highest BCUT2D eigenvalue weighted by Crippen LogP contribution is 2.19. The summed E-state index contributed by atoms with van der Waals surface area (Å²) in [6.45, 7) is 9.08. The van der Waals surface area contributed by atoms with Crippen molar-refractivity contribution < 1.29 is 14.4 Å². The van der Waals surface area contributed by atoms with Gasteiger partial charge >= 0.3 is 0 Å². The number of nitrogens with zero attached hydrogens (tertiary/aromatic N) is 2. The van der Waals surface area contributed by atoms with Crippen LogP contribution in [0.3, 0.4) is 0 Å². The lowest BCUT2D eigenvalue weighted by Crippen LogP contribution is -2.37. The molecule has 3 rings (SSSR count). The van der Waals surface area contributed by atoms with Gasteiger partial charge in [-0.1, -0.05) is 13.0 Å². The van der Waals surface area contributed by atoms with Crippen LogP contribution in [-0.2, 0) is 4.79 Å². The molecule has 0 atom stereocenters. The third-order valence-corrected chi connectivity index (χ3v) is 6.10. The fraction of sp³-hybridized carbons (Fsp3) is 0.423. The van der Waals surface area contributed by atoms with E-state index in [1.54, 1.807) is 47.4 Å². The second kappa shape index (κ2) is 11.5. The Kier molecular flexibility index (Phi) is 8.46. The molecule has 2 aromatic rings. The van der Waals surface area contributed by atoms with Crippen molar-refractivity contribution in [2.24, 2.45) is 5.92 Å². The van der Waals surface area contributed by atoms with E-state index >= 15 is 0 Å². The molecule has 2 N–H and O–H groups in total. The fourth-order valence-electron chi connectivity index (χ4n) is 3.93. The van der Waals surface area contributed by atoms with Crippen molar-refractivity contribution in [1.29, 1.82) is 0 Å². The Morgan fingerprint density at radius 1 is 0.939 bits per heavy atom. The standard InChI is InChI=1S/C26H34N4O3/c1-4-29(5-2)26(33)21-7-6-8-23(17-21)27-18-24(31)28-22-11-9-20(10-12-22)25(32)30-15-13-19(3)14-16-30/h6-12,17,19,27H,4-5,13-16,18H2,1-3H3,(H,28,31). The molecule has 1 aliphatic heterocycles. The molecule has 1 aliphatic rings. The Bertz CT molecular complexity index is 962. The summed E-state index contributed by atoms with van der Waals surface area (Å²) in [5, 5.41) is 5.90. The van der Waals surface area contributed by atoms with Gasteiger partial charge in [0.15, 0.2) is 0 Å². The zero-order valence-corrected chi connectivity index (χ0v) is 19.8. The van der Waals surface area contributed by atoms with Crippen molar-refractivity contribution in [3.05, 3.63) is 59.7 Å². The van der Waals surface area contributed by atoms with E-state index in [4.69, 9.17) is 0 Å². The third kappa shape index (κ3) is 6.57. The summed E-state index contributed by atoms with van der Waals surface area (Å²) in [6, 6.07) is 14.2. The summed E-state index contributed by atoms with van der Waals surface area (Å²) in [5.41, 5.74) is 2.57. The number of piperidine rings is 1. The Labute approximate surface area is 196 Å². The third-order valence-electron chi connectivity index (χ3n) is 6.10. The first-order chi connectivity index (χ1) is 15.9. The maximum atomic E-state index is 12.7. The highest BCUT2D eigenvalue weighted by molar-refractivity contribution is 5.97. The molecule has 7 nitrogen and oxygen atoms in total. The molecule has 0 bridgehead atoms. The van der Waals surface area contributed by atoms with E-state index in [1.165, 1.54) is 0 Å². The molecule has 7 heteroatoms. The molecule has 3 amide bonds. The molecule has 0 saturated carbocycles. The van der Waals surface area contributed by atoms with E-state index < -0.39 is 0 Å². The zero-order valence-electron chi connectivity index (χ0n) is 19.8. The maximum absolute atomic E-state index is 12.7. The number of anilines is 2. The zero-order chi connectivity index (χ0) is 23.8. The van der Waals surface area contributed by atoms with Gasteiger partial charge in [0, 0.05) is 48.7 Å². The molecular weight excluding hydrogens is 416 g/mol. The highest BCUT2D eigenvalue weighted by atomic mass is 16.2. The van der Waals surface area contributed by atoms with Crippen molar-refractivity contribution >= 4 is 29.1 Å². The Hall–Kier alpha value is -3.35. The van der Waals surface area contributed by atoms with Crippen molar-refractivity contribution in [1.82, 2.24) is 9.80 Å². The highest BCUT2D eigenvalue weighted by Gasteiger charge is 2.21. The second-order valence-corrected chi connectivity index (χ2v) is 8.51. The van der Waals surface area contributed by atoms with Crippen molar-refractivity contribution in [3.8, 4) is 0 Å². The molecule has 0 unspecified atom stereocenters. The van der Waals surface area contributed by atoms with Gasteiger partial charge in [-0.3, -0.25) is 14.4 Å². The summed E-state index contributed by atoms with van der Waals surface area (Å²) < 4.78 is 0. The van der Waals surface area contributed by atoms with Gasteiger partial charge < -0.3 is 20.4 Å². The van der Waals surface area contributed by atoms with Gasteiger partial charge in [0.2, 0.25) is 5.91 Å². The molecule has 1 heterocycles. The number of nitrogens with one attached hydrogen (secondary N) is 2. The maximum Gasteiger partial charge on any atom is 0.253 e. The minimum absolute atomic E-state index is 0.0261. The van der Waals surface area contributed by atoms with Crippen LogP contribution in [0.4, 0.5) is 11.4 Å². The molecule has 1 fully saturated rings. The van der Waals surface area contributed by atoms with Crippen molar-refractivity contribution in [3.63, 3.8) is 0 Å². The Morgan fingerprint density at radius 3 is 2.24 bits per heavy atom. The van der Waals surface area contributed by atoms with Crippen molar-refractivity contribution in [2.75, 3.05) is 43.4 Å². The monoisotopic (exact) mass is 450 g/mol. The lowest BCUT2D eigenvalue weighted by Gasteiger charge is -2.30. The molecule has 1 saturated heterocycles. The molecule has 0 radical (unpaired) electrons. The van der Waals surface area contributed by atoms with E-state index in [2.05, 4.69) is 17.6 Å². The van der Waals surface area contributed by atoms with Gasteiger partial charge in [-0.05, 0) is 75.1 Å². The molecule has 2 aromatic carbocycles. The minimum atomic E-state index is -0.209. The summed E-state index contributed by atoms with van der Waals surface area (Å²) in [5.74, 6) is 0.479. The van der Waals surface area contributed by atoms with Crippen molar-refractivity contribution in [2.45, 2.75) is 33.6 Å². The van der Waals surface area contributed by atoms with E-state index in [1.807, 2.05) is 24.8 Å². The van der Waals surface area contributed by atoms with E-state index in [-0.39, 0.29) is 24.3 Å². The Morgan fingerprint density at radius 2 is 1.61 bits per heavy atom. The van der Waals surface area contributed by atoms with Crippen LogP contribution in [0, 0.1) is 5.92 Å². The number of amides is 3. The molecule has 0 spiro atoms. The minimum Gasteiger partial charge on any atom is -0.376 e. The van der Waals surface area contributed by atoms with E-state index in [9.17, 15) is 14.4 Å². The summed E-state index contributed by atoms with van der Waals surface area (Å²) in [4.78, 5) is 41.2. The molecular formula is C26H34N4O3. The van der Waals surface area contributed by atoms with E-state index in [0.29, 0.717) is 41.5 Å². The smallest absolute Gasteiger partial charge is 0.253 e. The van der Waals surface area contributed by atoms with Crippen LogP contribution < -0.4 is 10.6 Å². The lowest BCUT2D eigenvalue weighted by atomic mass is 9.98. The van der Waals surface area contributed by atoms with Crippen LogP contribution in [0.1, 0.15) is 54.3 Å². The quantitative estimate of drug-likeness (QED) is 0.635. The first-order valence-corrected chi connectivity index (χ1v) is 11.7. The number of hydrogen-bond acceptors (Lipinski definition) is 4. The molecule has 176 valence electrons. The largest absolute Gasteiger partial charge is 0.376 e. The fourth-order valence-corrected chi connectivity index (χ4v) is 3.93. The second-order valence-electron chi connectivity index (χ2n) is 8.51. The average Bonchev–Trinajstić information content (AvgIpc) is 2.84. The Balaban J connectivity index is 1.51. The van der Waals surface area contributed by atoms with Gasteiger partial charge in [0.1, 0.15) is 0 Å². The van der Waals surface area contributed by atoms with Crippen LogP contribution in [0.2, 0.25) is 0 Å². The average molecular weight is 451 g/mol. The van der Waals surface area contributed by atoms with Gasteiger partial charge in [-0.15, -0.1) is 0 Å². The summed E-state index contributed by atoms with van der Waals surface area (Å²) in [7, 11) is 0. The first-order valence-electron chi connectivity index (χ1n) is 11.7. The van der Waals surface area contributed by atoms with Gasteiger partial charge in [0.25, 0.3) is 11.8 Å². The van der Waals surface area contributed by atoms with E-state index in [0.717, 1.165) is 25.9 Å². The van der Waals surface area contributed by atoms with Crippen LogP contribution in [-0.4, -0.2) is 60.2 Å². The number of carbonyl (C=O) groups is 3. The topological polar surface area (TPSA) is 81.8 Å². The first kappa shape index (κ1) is 24.3. The predicted molar refractivity (Wildman–Crippen MR) is 132 cm³/mol. The number of carbonyl (C=O) groups excluding carboxylic acids is 3. The molecule has 33 heavy (non-hydrogen) atoms. The summed E-state index contributed by atoms with van der Waals surface area (Å²) >= 11 is 0. The normalized spacial score (nSPS) is 14.0. The summed E-state index contributed by atoms with van der Waals surface area (Å²) in [6.07, 6.45) is 2.08.